The number of rotatable bonds is 6. The summed E-state index contributed by atoms with van der Waals surface area (Å²) in [7, 11) is 0. The summed E-state index contributed by atoms with van der Waals surface area (Å²) in [6, 6.07) is 7.56. The molecule has 12 heteroatoms. The van der Waals surface area contributed by atoms with Gasteiger partial charge in [0.05, 0.1) is 11.6 Å². The number of amides is 1. The van der Waals surface area contributed by atoms with Crippen LogP contribution in [0.1, 0.15) is 41.1 Å². The van der Waals surface area contributed by atoms with Crippen LogP contribution in [0.2, 0.25) is 5.02 Å². The summed E-state index contributed by atoms with van der Waals surface area (Å²) < 4.78 is 42.8. The van der Waals surface area contributed by atoms with Gasteiger partial charge in [0.25, 0.3) is 5.91 Å². The van der Waals surface area contributed by atoms with E-state index in [0.29, 0.717) is 23.6 Å². The van der Waals surface area contributed by atoms with Crippen LogP contribution in [0.15, 0.2) is 42.9 Å². The average molecular weight is 451 g/mol. The lowest BCUT2D eigenvalue weighted by atomic mass is 10.1. The summed E-state index contributed by atoms with van der Waals surface area (Å²) >= 11 is 5.84. The van der Waals surface area contributed by atoms with E-state index in [0.717, 1.165) is 12.1 Å². The molecular weight excluding hydrogens is 437 g/mol. The Morgan fingerprint density at radius 2 is 2.10 bits per heavy atom. The molecule has 3 rings (SSSR count). The fourth-order valence-corrected chi connectivity index (χ4v) is 2.94. The number of halogens is 4. The van der Waals surface area contributed by atoms with Gasteiger partial charge < -0.3 is 10.1 Å². The van der Waals surface area contributed by atoms with E-state index in [1.54, 1.807) is 19.1 Å². The Balaban J connectivity index is 1.85. The van der Waals surface area contributed by atoms with E-state index in [-0.39, 0.29) is 10.6 Å². The second kappa shape index (κ2) is 9.01. The predicted octanol–water partition coefficient (Wildman–Crippen LogP) is 3.97. The minimum Gasteiger partial charge on any atom is -0.406 e. The van der Waals surface area contributed by atoms with E-state index in [1.165, 1.54) is 23.3 Å². The van der Waals surface area contributed by atoms with Gasteiger partial charge in [0.1, 0.15) is 18.1 Å². The molecule has 0 bridgehead atoms. The smallest absolute Gasteiger partial charge is 0.406 e. The molecule has 160 valence electrons. The van der Waals surface area contributed by atoms with Crippen molar-refractivity contribution in [3.05, 3.63) is 64.8 Å². The zero-order valence-electron chi connectivity index (χ0n) is 15.9. The molecule has 0 aliphatic rings. The number of hydrogen-bond donors (Lipinski definition) is 1. The van der Waals surface area contributed by atoms with Crippen molar-refractivity contribution < 1.29 is 22.7 Å². The van der Waals surface area contributed by atoms with Crippen LogP contribution in [0.4, 0.5) is 13.2 Å². The fourth-order valence-electron chi connectivity index (χ4n) is 2.72. The first kappa shape index (κ1) is 22.0. The molecule has 2 heterocycles. The standard InChI is InChI=1S/C19H14ClF3N6O2/c1-2-15(17-26-10-27-29(17)16-4-3-11(8-24)9-25-16)28-18(30)12-5-13(20)7-14(6-12)31-19(21,22)23/h3-7,9-10,15H,2H2,1H3,(H,28,30)/t15-/m0/s1. The molecule has 0 fully saturated rings. The highest BCUT2D eigenvalue weighted by Gasteiger charge is 2.31. The Morgan fingerprint density at radius 1 is 1.32 bits per heavy atom. The van der Waals surface area contributed by atoms with E-state index in [1.807, 2.05) is 6.07 Å². The minimum absolute atomic E-state index is 0.0927. The van der Waals surface area contributed by atoms with Gasteiger partial charge in [-0.2, -0.15) is 15.0 Å². The monoisotopic (exact) mass is 450 g/mol. The van der Waals surface area contributed by atoms with Crippen LogP contribution in [0.3, 0.4) is 0 Å². The highest BCUT2D eigenvalue weighted by molar-refractivity contribution is 6.31. The van der Waals surface area contributed by atoms with Gasteiger partial charge in [-0.3, -0.25) is 4.79 Å². The number of alkyl halides is 3. The lowest BCUT2D eigenvalue weighted by Gasteiger charge is -2.18. The van der Waals surface area contributed by atoms with Crippen molar-refractivity contribution in [1.29, 1.82) is 5.26 Å². The maximum Gasteiger partial charge on any atom is 0.573 e. The maximum atomic E-state index is 12.7. The van der Waals surface area contributed by atoms with E-state index in [9.17, 15) is 18.0 Å². The Hall–Kier alpha value is -3.65. The van der Waals surface area contributed by atoms with Gasteiger partial charge in [0.15, 0.2) is 11.6 Å². The molecule has 1 amide bonds. The number of carbonyl (C=O) groups excluding carboxylic acids is 1. The molecule has 31 heavy (non-hydrogen) atoms. The molecule has 0 saturated carbocycles. The van der Waals surface area contributed by atoms with Crippen molar-refractivity contribution >= 4 is 17.5 Å². The lowest BCUT2D eigenvalue weighted by molar-refractivity contribution is -0.274. The van der Waals surface area contributed by atoms with Crippen LogP contribution in [-0.2, 0) is 0 Å². The third-order valence-corrected chi connectivity index (χ3v) is 4.28. The second-order valence-corrected chi connectivity index (χ2v) is 6.64. The van der Waals surface area contributed by atoms with Crippen molar-refractivity contribution in [3.8, 4) is 17.6 Å². The van der Waals surface area contributed by atoms with Crippen molar-refractivity contribution in [2.45, 2.75) is 25.7 Å². The molecule has 0 aliphatic carbocycles. The van der Waals surface area contributed by atoms with Gasteiger partial charge in [-0.1, -0.05) is 18.5 Å². The van der Waals surface area contributed by atoms with Gasteiger partial charge in [0.2, 0.25) is 0 Å². The third kappa shape index (κ3) is 5.49. The van der Waals surface area contributed by atoms with Crippen LogP contribution in [0.5, 0.6) is 5.75 Å². The second-order valence-electron chi connectivity index (χ2n) is 6.20. The van der Waals surface area contributed by atoms with Gasteiger partial charge in [-0.25, -0.2) is 9.97 Å². The number of carbonyl (C=O) groups is 1. The zero-order chi connectivity index (χ0) is 22.6. The van der Waals surface area contributed by atoms with Gasteiger partial charge >= 0.3 is 6.36 Å². The molecule has 1 atom stereocenters. The molecule has 1 aromatic carbocycles. The summed E-state index contributed by atoms with van der Waals surface area (Å²) in [5, 5.41) is 15.6. The average Bonchev–Trinajstić information content (AvgIpc) is 3.19. The van der Waals surface area contributed by atoms with Crippen LogP contribution < -0.4 is 10.1 Å². The first-order valence-electron chi connectivity index (χ1n) is 8.84. The Kier molecular flexibility index (Phi) is 6.41. The normalized spacial score (nSPS) is 12.1. The molecule has 0 spiro atoms. The first-order chi connectivity index (χ1) is 14.7. The van der Waals surface area contributed by atoms with Crippen LogP contribution >= 0.6 is 11.6 Å². The molecule has 0 unspecified atom stereocenters. The van der Waals surface area contributed by atoms with Gasteiger partial charge in [-0.05, 0) is 36.8 Å². The highest BCUT2D eigenvalue weighted by Crippen LogP contribution is 2.27. The number of benzene rings is 1. The number of nitrogens with zero attached hydrogens (tertiary/aromatic N) is 5. The van der Waals surface area contributed by atoms with Crippen molar-refractivity contribution in [2.75, 3.05) is 0 Å². The quantitative estimate of drug-likeness (QED) is 0.609. The largest absolute Gasteiger partial charge is 0.573 e. The Morgan fingerprint density at radius 3 is 2.71 bits per heavy atom. The summed E-state index contributed by atoms with van der Waals surface area (Å²) in [6.07, 6.45) is -1.88. The van der Waals surface area contributed by atoms with Crippen molar-refractivity contribution in [3.63, 3.8) is 0 Å². The zero-order valence-corrected chi connectivity index (χ0v) is 16.6. The molecule has 8 nitrogen and oxygen atoms in total. The fraction of sp³-hybridized carbons (Fsp3) is 0.211. The lowest BCUT2D eigenvalue weighted by Crippen LogP contribution is -2.30. The predicted molar refractivity (Wildman–Crippen MR) is 103 cm³/mol. The number of nitriles is 1. The molecule has 1 N–H and O–H groups in total. The molecular formula is C19H14ClF3N6O2. The number of aromatic nitrogens is 4. The summed E-state index contributed by atoms with van der Waals surface area (Å²) in [5.74, 6) is -0.559. The van der Waals surface area contributed by atoms with Crippen LogP contribution in [0.25, 0.3) is 5.82 Å². The SMILES string of the molecule is CC[C@H](NC(=O)c1cc(Cl)cc(OC(F)(F)F)c1)c1ncnn1-c1ccc(C#N)cn1. The molecule has 2 aromatic heterocycles. The third-order valence-electron chi connectivity index (χ3n) is 4.06. The molecule has 3 aromatic rings. The maximum absolute atomic E-state index is 12.7. The van der Waals surface area contributed by atoms with Crippen molar-refractivity contribution in [1.82, 2.24) is 25.1 Å². The first-order valence-corrected chi connectivity index (χ1v) is 9.21. The highest BCUT2D eigenvalue weighted by atomic mass is 35.5. The van der Waals surface area contributed by atoms with E-state index in [4.69, 9.17) is 16.9 Å². The minimum atomic E-state index is -4.92. The Labute approximate surface area is 179 Å². The van der Waals surface area contributed by atoms with Crippen LogP contribution in [0, 0.1) is 11.3 Å². The van der Waals surface area contributed by atoms with Crippen molar-refractivity contribution in [2.24, 2.45) is 0 Å². The number of hydrogen-bond acceptors (Lipinski definition) is 6. The number of nitrogens with one attached hydrogen (secondary N) is 1. The van der Waals surface area contributed by atoms with Gasteiger partial charge in [0, 0.05) is 16.8 Å². The number of ether oxygens (including phenoxy) is 1. The number of pyridine rings is 1. The molecule has 0 aliphatic heterocycles. The van der Waals surface area contributed by atoms with E-state index < -0.39 is 24.1 Å². The van der Waals surface area contributed by atoms with Crippen LogP contribution in [-0.4, -0.2) is 32.0 Å². The van der Waals surface area contributed by atoms with E-state index >= 15 is 0 Å². The molecule has 0 radical (unpaired) electrons. The summed E-state index contributed by atoms with van der Waals surface area (Å²) in [4.78, 5) is 21.0. The topological polar surface area (TPSA) is 106 Å². The molecule has 0 saturated heterocycles. The van der Waals surface area contributed by atoms with Gasteiger partial charge in [-0.15, -0.1) is 13.2 Å². The van der Waals surface area contributed by atoms with E-state index in [2.05, 4.69) is 25.1 Å². The summed E-state index contributed by atoms with van der Waals surface area (Å²) in [6.45, 7) is 1.78. The Bertz CT molecular complexity index is 1120. The summed E-state index contributed by atoms with van der Waals surface area (Å²) in [5.41, 5.74) is 0.247.